The number of nitrogens with one attached hydrogen (secondary N) is 1. The van der Waals surface area contributed by atoms with E-state index < -0.39 is 57.8 Å². The fraction of sp³-hybridized carbons (Fsp3) is 0.818. The lowest BCUT2D eigenvalue weighted by Gasteiger charge is -2.34. The van der Waals surface area contributed by atoms with Crippen LogP contribution in [0.4, 0.5) is 22.0 Å². The van der Waals surface area contributed by atoms with Crippen molar-refractivity contribution in [3.8, 4) is 0 Å². The molecule has 1 fully saturated rings. The van der Waals surface area contributed by atoms with Crippen LogP contribution in [0, 0.1) is 0 Å². The third-order valence-electron chi connectivity index (χ3n) is 3.47. The lowest BCUT2D eigenvalue weighted by molar-refractivity contribution is -0.274. The monoisotopic (exact) mass is 366 g/mol. The Morgan fingerprint density at radius 3 is 2.00 bits per heavy atom. The molecule has 0 atom stereocenters. The predicted octanol–water partition coefficient (Wildman–Crippen LogP) is 0.336. The molecule has 1 saturated heterocycles. The van der Waals surface area contributed by atoms with Gasteiger partial charge in [0.05, 0.1) is 5.25 Å². The van der Waals surface area contributed by atoms with Crippen molar-refractivity contribution in [3.63, 3.8) is 0 Å². The van der Waals surface area contributed by atoms with Crippen molar-refractivity contribution < 1.29 is 40.0 Å². The molecule has 1 heterocycles. The number of sulfone groups is 1. The summed E-state index contributed by atoms with van der Waals surface area (Å²) in [5, 5.41) is 1.05. The van der Waals surface area contributed by atoms with Crippen LogP contribution in [-0.4, -0.2) is 68.4 Å². The molecule has 1 rings (SSSR count). The zero-order valence-electron chi connectivity index (χ0n) is 12.0. The first-order chi connectivity index (χ1) is 10.3. The van der Waals surface area contributed by atoms with E-state index in [1.54, 1.807) is 0 Å². The largest absolute Gasteiger partial charge is 0.463 e. The van der Waals surface area contributed by atoms with E-state index in [4.69, 9.17) is 0 Å². The third kappa shape index (κ3) is 4.30. The minimum atomic E-state index is -6.01. The molecule has 0 saturated carbocycles. The molecule has 1 N–H and O–H groups in total. The lowest BCUT2D eigenvalue weighted by Crippen LogP contribution is -2.55. The van der Waals surface area contributed by atoms with Crippen molar-refractivity contribution in [2.75, 3.05) is 25.9 Å². The van der Waals surface area contributed by atoms with Crippen LogP contribution in [0.15, 0.2) is 0 Å². The number of hydrogen-bond acceptors (Lipinski definition) is 4. The number of alkyl halides is 5. The van der Waals surface area contributed by atoms with E-state index in [0.717, 1.165) is 0 Å². The third-order valence-corrected chi connectivity index (χ3v) is 5.62. The van der Waals surface area contributed by atoms with Crippen LogP contribution in [0.2, 0.25) is 0 Å². The molecule has 12 heteroatoms. The molecule has 1 aliphatic heterocycles. The van der Waals surface area contributed by atoms with Crippen LogP contribution in [0.1, 0.15) is 12.8 Å². The van der Waals surface area contributed by atoms with Gasteiger partial charge in [0.15, 0.2) is 9.84 Å². The minimum Gasteiger partial charge on any atom is -0.358 e. The Morgan fingerprint density at radius 2 is 1.61 bits per heavy atom. The van der Waals surface area contributed by atoms with Gasteiger partial charge in [0.25, 0.3) is 0 Å². The van der Waals surface area contributed by atoms with Crippen molar-refractivity contribution >= 4 is 21.7 Å². The Morgan fingerprint density at radius 1 is 1.13 bits per heavy atom. The average molecular weight is 366 g/mol. The second-order valence-electron chi connectivity index (χ2n) is 5.04. The summed E-state index contributed by atoms with van der Waals surface area (Å²) in [5.74, 6) is -9.47. The number of piperidine rings is 1. The van der Waals surface area contributed by atoms with Crippen molar-refractivity contribution in [3.05, 3.63) is 0 Å². The maximum Gasteiger partial charge on any atom is 0.463 e. The van der Waals surface area contributed by atoms with Crippen LogP contribution in [0.25, 0.3) is 0 Å². The molecule has 0 spiro atoms. The van der Waals surface area contributed by atoms with Crippen molar-refractivity contribution in [2.24, 2.45) is 0 Å². The number of hydrogen-bond donors (Lipinski definition) is 1. The van der Waals surface area contributed by atoms with E-state index in [9.17, 15) is 40.0 Å². The van der Waals surface area contributed by atoms with Gasteiger partial charge in [-0.05, 0) is 12.8 Å². The molecule has 2 amide bonds. The van der Waals surface area contributed by atoms with Crippen molar-refractivity contribution in [1.29, 1.82) is 0 Å². The van der Waals surface area contributed by atoms with Crippen LogP contribution < -0.4 is 5.32 Å². The van der Waals surface area contributed by atoms with Crippen molar-refractivity contribution in [1.82, 2.24) is 10.2 Å². The number of rotatable bonds is 4. The Balaban J connectivity index is 2.73. The summed E-state index contributed by atoms with van der Waals surface area (Å²) in [7, 11) is -2.63. The number of likely N-dealkylation sites (tertiary alicyclic amines) is 1. The molecule has 0 radical (unpaired) electrons. The molecule has 0 aromatic carbocycles. The van der Waals surface area contributed by atoms with E-state index in [2.05, 4.69) is 5.32 Å². The van der Waals surface area contributed by atoms with Gasteiger partial charge in [0.2, 0.25) is 5.91 Å². The van der Waals surface area contributed by atoms with Gasteiger partial charge in [0.1, 0.15) is 5.75 Å². The summed E-state index contributed by atoms with van der Waals surface area (Å²) in [5.41, 5.74) is 0. The number of nitrogens with zero attached hydrogens (tertiary/aromatic N) is 1. The standard InChI is InChI=1S/C11H15F5N2O4S/c1-17-8(19)6-23(21,22)7-2-4-18(5-3-7)9(20)10(12,13)11(14,15)16/h7H,2-6H2,1H3,(H,17,19). The first kappa shape index (κ1) is 19.6. The minimum absolute atomic E-state index is 0.291. The van der Waals surface area contributed by atoms with Gasteiger partial charge in [-0.2, -0.15) is 22.0 Å². The molecular weight excluding hydrogens is 351 g/mol. The van der Waals surface area contributed by atoms with Gasteiger partial charge in [-0.3, -0.25) is 9.59 Å². The Labute approximate surface area is 128 Å². The van der Waals surface area contributed by atoms with Crippen LogP contribution >= 0.6 is 0 Å². The summed E-state index contributed by atoms with van der Waals surface area (Å²) < 4.78 is 86.2. The molecule has 0 bridgehead atoms. The highest BCUT2D eigenvalue weighted by Crippen LogP contribution is 2.37. The second-order valence-corrected chi connectivity index (χ2v) is 7.33. The Bertz CT molecular complexity index is 567. The highest BCUT2D eigenvalue weighted by atomic mass is 32.2. The second kappa shape index (κ2) is 6.57. The molecule has 0 unspecified atom stereocenters. The van der Waals surface area contributed by atoms with Crippen LogP contribution in [0.5, 0.6) is 0 Å². The molecule has 134 valence electrons. The first-order valence-corrected chi connectivity index (χ1v) is 8.20. The highest BCUT2D eigenvalue weighted by molar-refractivity contribution is 7.92. The summed E-state index contributed by atoms with van der Waals surface area (Å²) in [6, 6.07) is 0. The molecule has 0 aromatic heterocycles. The van der Waals surface area contributed by atoms with E-state index in [1.165, 1.54) is 7.05 Å². The zero-order chi connectivity index (χ0) is 18.1. The fourth-order valence-electron chi connectivity index (χ4n) is 2.11. The summed E-state index contributed by atoms with van der Waals surface area (Å²) in [4.78, 5) is 22.7. The molecule has 6 nitrogen and oxygen atoms in total. The zero-order valence-corrected chi connectivity index (χ0v) is 12.8. The first-order valence-electron chi connectivity index (χ1n) is 6.49. The highest BCUT2D eigenvalue weighted by Gasteiger charge is 2.64. The molecular formula is C11H15F5N2O4S. The van der Waals surface area contributed by atoms with Crippen LogP contribution in [0.3, 0.4) is 0 Å². The van der Waals surface area contributed by atoms with Gasteiger partial charge in [-0.15, -0.1) is 0 Å². The Kier molecular flexibility index (Phi) is 5.60. The topological polar surface area (TPSA) is 83.6 Å². The van der Waals surface area contributed by atoms with Gasteiger partial charge in [-0.1, -0.05) is 0 Å². The summed E-state index contributed by atoms with van der Waals surface area (Å²) in [6.45, 7) is -1.11. The fourth-order valence-corrected chi connectivity index (χ4v) is 3.79. The van der Waals surface area contributed by atoms with Gasteiger partial charge in [-0.25, -0.2) is 8.42 Å². The number of amides is 2. The van der Waals surface area contributed by atoms with Gasteiger partial charge >= 0.3 is 18.0 Å². The molecule has 0 aromatic rings. The number of carbonyl (C=O) groups excluding carboxylic acids is 2. The van der Waals surface area contributed by atoms with E-state index in [-0.39, 0.29) is 12.8 Å². The normalized spacial score (nSPS) is 17.9. The molecule has 1 aliphatic rings. The predicted molar refractivity (Wildman–Crippen MR) is 68.5 cm³/mol. The lowest BCUT2D eigenvalue weighted by atomic mass is 10.1. The van der Waals surface area contributed by atoms with E-state index in [0.29, 0.717) is 4.90 Å². The number of carbonyl (C=O) groups is 2. The van der Waals surface area contributed by atoms with Crippen molar-refractivity contribution in [2.45, 2.75) is 30.2 Å². The Hall–Kier alpha value is -1.46. The molecule has 23 heavy (non-hydrogen) atoms. The SMILES string of the molecule is CNC(=O)CS(=O)(=O)C1CCN(C(=O)C(F)(F)C(F)(F)F)CC1. The van der Waals surface area contributed by atoms with E-state index in [1.807, 2.05) is 0 Å². The maximum atomic E-state index is 13.0. The van der Waals surface area contributed by atoms with Gasteiger partial charge < -0.3 is 10.2 Å². The van der Waals surface area contributed by atoms with Gasteiger partial charge in [0, 0.05) is 20.1 Å². The number of halogens is 5. The maximum absolute atomic E-state index is 13.0. The quantitative estimate of drug-likeness (QED) is 0.727. The smallest absolute Gasteiger partial charge is 0.358 e. The summed E-state index contributed by atoms with van der Waals surface area (Å²) >= 11 is 0. The summed E-state index contributed by atoms with van der Waals surface area (Å²) in [6.07, 6.45) is -6.62. The van der Waals surface area contributed by atoms with Crippen LogP contribution in [-0.2, 0) is 19.4 Å². The molecule has 0 aliphatic carbocycles. The average Bonchev–Trinajstić information content (AvgIpc) is 2.44. The van der Waals surface area contributed by atoms with E-state index >= 15 is 0 Å².